The Morgan fingerprint density at radius 3 is 2.94 bits per heavy atom. The molecule has 0 aliphatic carbocycles. The van der Waals surface area contributed by atoms with Crippen LogP contribution in [0, 0.1) is 0 Å². The molecule has 2 heterocycles. The molecule has 1 aliphatic heterocycles. The number of nitrogens with two attached hydrogens (primary N) is 1. The predicted molar refractivity (Wildman–Crippen MR) is 67.1 cm³/mol. The molecule has 1 saturated heterocycles. The summed E-state index contributed by atoms with van der Waals surface area (Å²) in [5, 5.41) is 4.48. The summed E-state index contributed by atoms with van der Waals surface area (Å²) in [5.74, 6) is 0.996. The zero-order chi connectivity index (χ0) is 12.5. The summed E-state index contributed by atoms with van der Waals surface area (Å²) in [4.78, 5) is 4.33. The van der Waals surface area contributed by atoms with E-state index in [1.165, 1.54) is 0 Å². The highest BCUT2D eigenvalue weighted by Gasteiger charge is 2.23. The van der Waals surface area contributed by atoms with Crippen molar-refractivity contribution in [2.45, 2.75) is 18.9 Å². The number of ether oxygens (including phenoxy) is 1. The van der Waals surface area contributed by atoms with E-state index in [2.05, 4.69) is 10.1 Å². The Morgan fingerprint density at radius 1 is 1.33 bits per heavy atom. The Balaban J connectivity index is 1.92. The predicted octanol–water partition coefficient (Wildman–Crippen LogP) is 2.82. The minimum atomic E-state index is -0.0565. The molecule has 0 saturated carbocycles. The topological polar surface area (TPSA) is 74.2 Å². The SMILES string of the molecule is Nc1cc(Cl)cc(-c2nc(C3CCCO3)no2)c1. The lowest BCUT2D eigenvalue weighted by Gasteiger charge is -2.01. The van der Waals surface area contributed by atoms with Gasteiger partial charge in [0.15, 0.2) is 0 Å². The molecule has 0 amide bonds. The van der Waals surface area contributed by atoms with Gasteiger partial charge < -0.3 is 15.0 Å². The molecule has 2 aromatic rings. The van der Waals surface area contributed by atoms with Crippen molar-refractivity contribution in [2.24, 2.45) is 0 Å². The van der Waals surface area contributed by atoms with Crippen molar-refractivity contribution in [2.75, 3.05) is 12.3 Å². The quantitative estimate of drug-likeness (QED) is 0.845. The van der Waals surface area contributed by atoms with Crippen molar-refractivity contribution in [1.29, 1.82) is 0 Å². The van der Waals surface area contributed by atoms with Crippen molar-refractivity contribution in [3.05, 3.63) is 29.0 Å². The van der Waals surface area contributed by atoms with Gasteiger partial charge >= 0.3 is 0 Å². The monoisotopic (exact) mass is 265 g/mol. The number of hydrogen-bond acceptors (Lipinski definition) is 5. The van der Waals surface area contributed by atoms with Crippen LogP contribution in [-0.4, -0.2) is 16.7 Å². The molecule has 94 valence electrons. The van der Waals surface area contributed by atoms with Crippen LogP contribution in [0.3, 0.4) is 0 Å². The number of nitrogens with zero attached hydrogens (tertiary/aromatic N) is 2. The van der Waals surface area contributed by atoms with Gasteiger partial charge in [0, 0.05) is 22.9 Å². The molecule has 1 aliphatic rings. The van der Waals surface area contributed by atoms with E-state index < -0.39 is 0 Å². The lowest BCUT2D eigenvalue weighted by Crippen LogP contribution is -1.97. The van der Waals surface area contributed by atoms with Crippen molar-refractivity contribution in [3.8, 4) is 11.5 Å². The van der Waals surface area contributed by atoms with E-state index in [-0.39, 0.29) is 6.10 Å². The highest BCUT2D eigenvalue weighted by atomic mass is 35.5. The van der Waals surface area contributed by atoms with Crippen LogP contribution in [0.1, 0.15) is 24.8 Å². The van der Waals surface area contributed by atoms with Gasteiger partial charge in [-0.3, -0.25) is 0 Å². The van der Waals surface area contributed by atoms with Gasteiger partial charge in [-0.25, -0.2) is 0 Å². The van der Waals surface area contributed by atoms with Crippen molar-refractivity contribution in [1.82, 2.24) is 10.1 Å². The second-order valence-electron chi connectivity index (χ2n) is 4.23. The number of nitrogen functional groups attached to an aromatic ring is 1. The minimum Gasteiger partial charge on any atom is -0.399 e. The van der Waals surface area contributed by atoms with Gasteiger partial charge in [0.05, 0.1) is 0 Å². The molecule has 5 nitrogen and oxygen atoms in total. The molecular formula is C12H12ClN3O2. The standard InChI is InChI=1S/C12H12ClN3O2/c13-8-4-7(5-9(14)6-8)12-15-11(16-18-12)10-2-1-3-17-10/h4-6,10H,1-3,14H2. The molecule has 1 aromatic carbocycles. The van der Waals surface area contributed by atoms with Crippen LogP contribution in [0.2, 0.25) is 5.02 Å². The summed E-state index contributed by atoms with van der Waals surface area (Å²) in [6.07, 6.45) is 1.90. The van der Waals surface area contributed by atoms with Gasteiger partial charge in [-0.1, -0.05) is 16.8 Å². The maximum Gasteiger partial charge on any atom is 0.258 e. The van der Waals surface area contributed by atoms with Crippen molar-refractivity contribution >= 4 is 17.3 Å². The lowest BCUT2D eigenvalue weighted by molar-refractivity contribution is 0.103. The van der Waals surface area contributed by atoms with E-state index in [1.54, 1.807) is 18.2 Å². The van der Waals surface area contributed by atoms with E-state index >= 15 is 0 Å². The molecule has 1 atom stereocenters. The smallest absolute Gasteiger partial charge is 0.258 e. The van der Waals surface area contributed by atoms with Crippen LogP contribution >= 0.6 is 11.6 Å². The zero-order valence-electron chi connectivity index (χ0n) is 9.60. The zero-order valence-corrected chi connectivity index (χ0v) is 10.4. The Labute approximate surface area is 109 Å². The molecule has 1 fully saturated rings. The van der Waals surface area contributed by atoms with E-state index in [1.807, 2.05) is 0 Å². The molecule has 3 rings (SSSR count). The molecule has 2 N–H and O–H groups in total. The highest BCUT2D eigenvalue weighted by Crippen LogP contribution is 2.29. The Bertz CT molecular complexity index is 544. The fourth-order valence-electron chi connectivity index (χ4n) is 2.00. The Hall–Kier alpha value is -1.59. The van der Waals surface area contributed by atoms with E-state index in [9.17, 15) is 0 Å². The van der Waals surface area contributed by atoms with E-state index in [0.29, 0.717) is 22.4 Å². The average Bonchev–Trinajstić information content (AvgIpc) is 2.99. The summed E-state index contributed by atoms with van der Waals surface area (Å²) in [5.41, 5.74) is 7.01. The van der Waals surface area contributed by atoms with Crippen LogP contribution in [0.25, 0.3) is 11.5 Å². The van der Waals surface area contributed by atoms with Crippen LogP contribution < -0.4 is 5.73 Å². The summed E-state index contributed by atoms with van der Waals surface area (Å²) < 4.78 is 10.7. The Morgan fingerprint density at radius 2 is 2.22 bits per heavy atom. The van der Waals surface area contributed by atoms with Crippen LogP contribution in [0.5, 0.6) is 0 Å². The third-order valence-electron chi connectivity index (χ3n) is 2.83. The number of aromatic nitrogens is 2. The number of benzene rings is 1. The molecule has 1 unspecified atom stereocenters. The lowest BCUT2D eigenvalue weighted by atomic mass is 10.2. The number of hydrogen-bond donors (Lipinski definition) is 1. The second-order valence-corrected chi connectivity index (χ2v) is 4.67. The molecular weight excluding hydrogens is 254 g/mol. The van der Waals surface area contributed by atoms with E-state index in [0.717, 1.165) is 25.0 Å². The summed E-state index contributed by atoms with van der Waals surface area (Å²) in [7, 11) is 0. The molecule has 1 aromatic heterocycles. The molecule has 0 spiro atoms. The maximum absolute atomic E-state index is 5.94. The van der Waals surface area contributed by atoms with Gasteiger partial charge in [-0.15, -0.1) is 0 Å². The van der Waals surface area contributed by atoms with E-state index in [4.69, 9.17) is 26.6 Å². The fourth-order valence-corrected chi connectivity index (χ4v) is 2.24. The van der Waals surface area contributed by atoms with Crippen LogP contribution in [-0.2, 0) is 4.74 Å². The second kappa shape index (κ2) is 4.59. The normalized spacial score (nSPS) is 19.3. The minimum absolute atomic E-state index is 0.0565. The van der Waals surface area contributed by atoms with Crippen molar-refractivity contribution < 1.29 is 9.26 Å². The first-order chi connectivity index (χ1) is 8.72. The third-order valence-corrected chi connectivity index (χ3v) is 3.04. The average molecular weight is 266 g/mol. The fraction of sp³-hybridized carbons (Fsp3) is 0.333. The molecule has 0 bridgehead atoms. The highest BCUT2D eigenvalue weighted by molar-refractivity contribution is 6.31. The molecule has 6 heteroatoms. The van der Waals surface area contributed by atoms with Gasteiger partial charge in [0.2, 0.25) is 5.82 Å². The first-order valence-corrected chi connectivity index (χ1v) is 6.12. The third kappa shape index (κ3) is 2.19. The number of halogens is 1. The van der Waals surface area contributed by atoms with Crippen LogP contribution in [0.15, 0.2) is 22.7 Å². The summed E-state index contributed by atoms with van der Waals surface area (Å²) in [6, 6.07) is 5.16. The Kier molecular flexibility index (Phi) is 2.93. The summed E-state index contributed by atoms with van der Waals surface area (Å²) in [6.45, 7) is 0.749. The van der Waals surface area contributed by atoms with Gasteiger partial charge in [-0.2, -0.15) is 4.98 Å². The summed E-state index contributed by atoms with van der Waals surface area (Å²) >= 11 is 5.94. The van der Waals surface area contributed by atoms with Crippen molar-refractivity contribution in [3.63, 3.8) is 0 Å². The largest absolute Gasteiger partial charge is 0.399 e. The van der Waals surface area contributed by atoms with Gasteiger partial charge in [0.25, 0.3) is 5.89 Å². The van der Waals surface area contributed by atoms with Gasteiger partial charge in [-0.05, 0) is 31.0 Å². The maximum atomic E-state index is 5.94. The number of anilines is 1. The first-order valence-electron chi connectivity index (χ1n) is 5.74. The molecule has 0 radical (unpaired) electrons. The van der Waals surface area contributed by atoms with Gasteiger partial charge in [0.1, 0.15) is 6.10 Å². The number of rotatable bonds is 2. The molecule has 18 heavy (non-hydrogen) atoms. The first kappa shape index (κ1) is 11.5. The van der Waals surface area contributed by atoms with Crippen LogP contribution in [0.4, 0.5) is 5.69 Å².